The van der Waals surface area contributed by atoms with Gasteiger partial charge in [0, 0.05) is 0 Å². The first-order chi connectivity index (χ1) is 17.1. The average Bonchev–Trinajstić information content (AvgIpc) is 3.31. The number of halogens is 2. The SMILES string of the molecule is O=C(Cc1ccc2c(c1)OCO2)N/N=C\c1cc(I)c(OCc2cccc3ccccc23)c(I)c1. The number of nitrogens with zero attached hydrogens (tertiary/aromatic N) is 1. The van der Waals surface area contributed by atoms with E-state index in [1.54, 1.807) is 6.21 Å². The summed E-state index contributed by atoms with van der Waals surface area (Å²) in [7, 11) is 0. The summed E-state index contributed by atoms with van der Waals surface area (Å²) in [6.45, 7) is 0.691. The molecule has 1 aliphatic rings. The Kier molecular flexibility index (Phi) is 7.37. The summed E-state index contributed by atoms with van der Waals surface area (Å²) in [5.41, 5.74) is 5.44. The van der Waals surface area contributed by atoms with Crippen LogP contribution in [0.15, 0.2) is 77.9 Å². The van der Waals surface area contributed by atoms with Gasteiger partial charge in [-0.2, -0.15) is 5.10 Å². The Hall–Kier alpha value is -2.86. The minimum absolute atomic E-state index is 0.198. The van der Waals surface area contributed by atoms with Crippen molar-refractivity contribution in [2.45, 2.75) is 13.0 Å². The van der Waals surface area contributed by atoms with Gasteiger partial charge in [0.25, 0.3) is 0 Å². The lowest BCUT2D eigenvalue weighted by Crippen LogP contribution is -2.19. The third kappa shape index (κ3) is 5.69. The molecule has 0 unspecified atom stereocenters. The van der Waals surface area contributed by atoms with Crippen LogP contribution in [0, 0.1) is 7.14 Å². The zero-order valence-electron chi connectivity index (χ0n) is 18.5. The second-order valence-corrected chi connectivity index (χ2v) is 10.2. The van der Waals surface area contributed by atoms with Crippen LogP contribution in [0.3, 0.4) is 0 Å². The molecule has 1 heterocycles. The third-order valence-corrected chi connectivity index (χ3v) is 7.08. The summed E-state index contributed by atoms with van der Waals surface area (Å²) >= 11 is 4.53. The first-order valence-corrected chi connectivity index (χ1v) is 13.0. The van der Waals surface area contributed by atoms with E-state index in [0.717, 1.165) is 29.6 Å². The van der Waals surface area contributed by atoms with E-state index < -0.39 is 0 Å². The lowest BCUT2D eigenvalue weighted by atomic mass is 10.1. The van der Waals surface area contributed by atoms with Crippen molar-refractivity contribution < 1.29 is 19.0 Å². The largest absolute Gasteiger partial charge is 0.487 e. The highest BCUT2D eigenvalue weighted by Gasteiger charge is 2.14. The number of ether oxygens (including phenoxy) is 3. The zero-order valence-corrected chi connectivity index (χ0v) is 22.8. The number of carbonyl (C=O) groups excluding carboxylic acids is 1. The van der Waals surface area contributed by atoms with Gasteiger partial charge in [-0.05, 0) is 96.9 Å². The van der Waals surface area contributed by atoms with Crippen molar-refractivity contribution >= 4 is 68.1 Å². The molecule has 6 nitrogen and oxygen atoms in total. The Morgan fingerprint density at radius 2 is 1.74 bits per heavy atom. The molecule has 176 valence electrons. The van der Waals surface area contributed by atoms with E-state index in [2.05, 4.69) is 86.0 Å². The molecule has 0 spiro atoms. The van der Waals surface area contributed by atoms with Crippen LogP contribution in [0.5, 0.6) is 17.2 Å². The molecular formula is C27H20I2N2O4. The van der Waals surface area contributed by atoms with Gasteiger partial charge in [-0.25, -0.2) is 5.43 Å². The van der Waals surface area contributed by atoms with Crippen LogP contribution < -0.4 is 19.6 Å². The van der Waals surface area contributed by atoms with Gasteiger partial charge >= 0.3 is 0 Å². The van der Waals surface area contributed by atoms with Gasteiger partial charge in [-0.15, -0.1) is 0 Å². The van der Waals surface area contributed by atoms with Crippen LogP contribution in [0.4, 0.5) is 0 Å². The summed E-state index contributed by atoms with van der Waals surface area (Å²) in [6.07, 6.45) is 1.83. The second kappa shape index (κ2) is 10.8. The highest BCUT2D eigenvalue weighted by molar-refractivity contribution is 14.1. The Balaban J connectivity index is 1.21. The monoisotopic (exact) mass is 690 g/mol. The molecule has 0 atom stereocenters. The van der Waals surface area contributed by atoms with E-state index in [0.29, 0.717) is 18.1 Å². The number of hydrazone groups is 1. The van der Waals surface area contributed by atoms with E-state index in [-0.39, 0.29) is 19.1 Å². The van der Waals surface area contributed by atoms with Gasteiger partial charge in [0.1, 0.15) is 12.4 Å². The van der Waals surface area contributed by atoms with Crippen LogP contribution in [0.1, 0.15) is 16.7 Å². The van der Waals surface area contributed by atoms with Crippen LogP contribution in [-0.2, 0) is 17.8 Å². The quantitative estimate of drug-likeness (QED) is 0.146. The van der Waals surface area contributed by atoms with Crippen molar-refractivity contribution in [1.82, 2.24) is 5.43 Å². The molecule has 1 N–H and O–H groups in total. The topological polar surface area (TPSA) is 69.2 Å². The summed E-state index contributed by atoms with van der Waals surface area (Å²) in [5.74, 6) is 1.98. The standard InChI is InChI=1S/C27H20I2N2O4/c28-22-10-18(14-30-31-26(32)13-17-8-9-24-25(12-17)35-16-34-24)11-23(29)27(22)33-15-20-6-3-5-19-4-1-2-7-21(19)20/h1-12,14H,13,15-16H2,(H,31,32)/b30-14-. The predicted molar refractivity (Wildman–Crippen MR) is 152 cm³/mol. The number of carbonyl (C=O) groups is 1. The molecule has 0 aromatic heterocycles. The fourth-order valence-electron chi connectivity index (χ4n) is 3.81. The van der Waals surface area contributed by atoms with Gasteiger partial charge in [-0.3, -0.25) is 4.79 Å². The molecule has 35 heavy (non-hydrogen) atoms. The second-order valence-electron chi connectivity index (χ2n) is 7.90. The highest BCUT2D eigenvalue weighted by atomic mass is 127. The molecule has 5 rings (SSSR count). The summed E-state index contributed by atoms with van der Waals surface area (Å²) < 4.78 is 18.8. The van der Waals surface area contributed by atoms with Gasteiger partial charge in [0.05, 0.1) is 19.8 Å². The van der Waals surface area contributed by atoms with Crippen molar-refractivity contribution in [3.63, 3.8) is 0 Å². The molecule has 0 fully saturated rings. The molecular weight excluding hydrogens is 670 g/mol. The smallest absolute Gasteiger partial charge is 0.244 e. The van der Waals surface area contributed by atoms with Crippen LogP contribution >= 0.6 is 45.2 Å². The number of rotatable bonds is 7. The minimum atomic E-state index is -0.209. The van der Waals surface area contributed by atoms with Gasteiger partial charge < -0.3 is 14.2 Å². The van der Waals surface area contributed by atoms with Crippen LogP contribution in [0.2, 0.25) is 0 Å². The zero-order chi connectivity index (χ0) is 24.2. The Labute approximate surface area is 229 Å². The number of nitrogens with one attached hydrogen (secondary N) is 1. The molecule has 1 aliphatic heterocycles. The maximum Gasteiger partial charge on any atom is 0.244 e. The number of hydrogen-bond donors (Lipinski definition) is 1. The fourth-order valence-corrected chi connectivity index (χ4v) is 5.94. The van der Waals surface area contributed by atoms with Crippen LogP contribution in [-0.4, -0.2) is 18.9 Å². The summed E-state index contributed by atoms with van der Waals surface area (Å²) in [5, 5.41) is 6.52. The van der Waals surface area contributed by atoms with E-state index >= 15 is 0 Å². The average molecular weight is 690 g/mol. The number of amides is 1. The summed E-state index contributed by atoms with van der Waals surface area (Å²) in [6, 6.07) is 24.0. The van der Waals surface area contributed by atoms with E-state index in [1.165, 1.54) is 10.8 Å². The van der Waals surface area contributed by atoms with Gasteiger partial charge in [-0.1, -0.05) is 48.5 Å². The van der Waals surface area contributed by atoms with E-state index in [4.69, 9.17) is 14.2 Å². The van der Waals surface area contributed by atoms with Crippen molar-refractivity contribution in [1.29, 1.82) is 0 Å². The summed E-state index contributed by atoms with van der Waals surface area (Å²) in [4.78, 5) is 12.3. The number of benzene rings is 4. The molecule has 0 saturated heterocycles. The van der Waals surface area contributed by atoms with E-state index in [9.17, 15) is 4.79 Å². The lowest BCUT2D eigenvalue weighted by Gasteiger charge is -2.13. The molecule has 8 heteroatoms. The van der Waals surface area contributed by atoms with Gasteiger partial charge in [0.2, 0.25) is 12.7 Å². The molecule has 0 aliphatic carbocycles. The van der Waals surface area contributed by atoms with Crippen LogP contribution in [0.25, 0.3) is 10.8 Å². The molecule has 0 saturated carbocycles. The molecule has 0 bridgehead atoms. The third-order valence-electron chi connectivity index (χ3n) is 5.48. The molecule has 4 aromatic rings. The Morgan fingerprint density at radius 3 is 2.60 bits per heavy atom. The fraction of sp³-hybridized carbons (Fsp3) is 0.111. The lowest BCUT2D eigenvalue weighted by molar-refractivity contribution is -0.120. The van der Waals surface area contributed by atoms with E-state index in [1.807, 2.05) is 42.5 Å². The first kappa shape index (κ1) is 23.9. The molecule has 0 radical (unpaired) electrons. The predicted octanol–water partition coefficient (Wildman–Crippen LogP) is 6.05. The highest BCUT2D eigenvalue weighted by Crippen LogP contribution is 2.33. The van der Waals surface area contributed by atoms with Crippen molar-refractivity contribution in [3.8, 4) is 17.2 Å². The normalized spacial score (nSPS) is 12.3. The van der Waals surface area contributed by atoms with Crippen molar-refractivity contribution in [3.05, 3.63) is 96.6 Å². The maximum atomic E-state index is 12.3. The van der Waals surface area contributed by atoms with Gasteiger partial charge in [0.15, 0.2) is 11.5 Å². The molecule has 4 aromatic carbocycles. The first-order valence-electron chi connectivity index (χ1n) is 10.9. The number of hydrogen-bond acceptors (Lipinski definition) is 5. The van der Waals surface area contributed by atoms with Crippen molar-refractivity contribution in [2.24, 2.45) is 5.10 Å². The Morgan fingerprint density at radius 1 is 0.971 bits per heavy atom. The maximum absolute atomic E-state index is 12.3. The molecule has 1 amide bonds. The minimum Gasteiger partial charge on any atom is -0.487 e. The number of fused-ring (bicyclic) bond motifs is 2. The Bertz CT molecular complexity index is 1410. The van der Waals surface area contributed by atoms with Crippen molar-refractivity contribution in [2.75, 3.05) is 6.79 Å².